The molecule has 1 rings (SSSR count). The topological polar surface area (TPSA) is 110 Å². The first-order valence-corrected chi connectivity index (χ1v) is 4.27. The third-order valence-corrected chi connectivity index (χ3v) is 1.92. The van der Waals surface area contributed by atoms with Crippen molar-refractivity contribution < 1.29 is 15.1 Å². The fourth-order valence-electron chi connectivity index (χ4n) is 1.21. The molecule has 0 saturated carbocycles. The maximum Gasteiger partial charge on any atom is 0.303 e. The van der Waals surface area contributed by atoms with E-state index in [1.165, 1.54) is 12.1 Å². The molecule has 6 nitrogen and oxygen atoms in total. The van der Waals surface area contributed by atoms with E-state index in [4.69, 9.17) is 16.0 Å². The number of hydrogen-bond donors (Lipinski definition) is 3. The summed E-state index contributed by atoms with van der Waals surface area (Å²) in [6.45, 7) is 0. The highest BCUT2D eigenvalue weighted by Gasteiger charge is 2.06. The van der Waals surface area contributed by atoms with Gasteiger partial charge in [0.05, 0.1) is 5.69 Å². The Bertz CT molecular complexity index is 365. The summed E-state index contributed by atoms with van der Waals surface area (Å²) in [6, 6.07) is 4.36. The van der Waals surface area contributed by atoms with E-state index < -0.39 is 5.97 Å². The minimum absolute atomic E-state index is 0.0174. The van der Waals surface area contributed by atoms with Crippen molar-refractivity contribution >= 4 is 17.3 Å². The van der Waals surface area contributed by atoms with E-state index in [9.17, 15) is 10.0 Å². The number of nitrogens with zero attached hydrogens (tertiary/aromatic N) is 1. The molecular formula is C9H11N2O4-. The average Bonchev–Trinajstić information content (AvgIpc) is 2.15. The lowest BCUT2D eigenvalue weighted by atomic mass is 10.1. The van der Waals surface area contributed by atoms with Crippen LogP contribution in [0.4, 0.5) is 11.4 Å². The molecule has 82 valence electrons. The van der Waals surface area contributed by atoms with E-state index in [1.807, 2.05) is 0 Å². The van der Waals surface area contributed by atoms with Crippen LogP contribution in [0.25, 0.3) is 0 Å². The molecule has 0 aliphatic heterocycles. The number of nitrogen functional groups attached to an aromatic ring is 1. The molecule has 1 aromatic carbocycles. The Morgan fingerprint density at radius 2 is 2.20 bits per heavy atom. The molecule has 0 heterocycles. The van der Waals surface area contributed by atoms with Crippen LogP contribution in [0.3, 0.4) is 0 Å². The maximum atomic E-state index is 10.7. The fourth-order valence-corrected chi connectivity index (χ4v) is 1.21. The number of benzene rings is 1. The van der Waals surface area contributed by atoms with Crippen LogP contribution in [0.1, 0.15) is 12.0 Å². The predicted molar refractivity (Wildman–Crippen MR) is 54.4 cm³/mol. The van der Waals surface area contributed by atoms with E-state index >= 15 is 0 Å². The van der Waals surface area contributed by atoms with Crippen LogP contribution in [-0.2, 0) is 11.2 Å². The molecule has 0 aromatic heterocycles. The number of carboxylic acids is 1. The monoisotopic (exact) mass is 211 g/mol. The normalized spacial score (nSPS) is 10.0. The number of aliphatic carboxylic acids is 1. The number of nitrogens with two attached hydrogens (primary N) is 1. The average molecular weight is 211 g/mol. The van der Waals surface area contributed by atoms with Crippen molar-refractivity contribution in [2.75, 3.05) is 11.0 Å². The summed E-state index contributed by atoms with van der Waals surface area (Å²) in [4.78, 5) is 10.3. The van der Waals surface area contributed by atoms with Crippen LogP contribution in [-0.4, -0.2) is 16.3 Å². The Morgan fingerprint density at radius 1 is 1.53 bits per heavy atom. The highest BCUT2D eigenvalue weighted by atomic mass is 16.8. The van der Waals surface area contributed by atoms with Gasteiger partial charge < -0.3 is 21.3 Å². The van der Waals surface area contributed by atoms with Crippen molar-refractivity contribution in [2.45, 2.75) is 12.8 Å². The van der Waals surface area contributed by atoms with Crippen molar-refractivity contribution in [1.29, 1.82) is 0 Å². The third-order valence-electron chi connectivity index (χ3n) is 1.92. The van der Waals surface area contributed by atoms with E-state index in [2.05, 4.69) is 0 Å². The van der Waals surface area contributed by atoms with Gasteiger partial charge in [-0.3, -0.25) is 10.0 Å². The second kappa shape index (κ2) is 4.63. The summed E-state index contributed by atoms with van der Waals surface area (Å²) in [5.41, 5.74) is 6.19. The van der Waals surface area contributed by atoms with Crippen LogP contribution in [0.15, 0.2) is 18.2 Å². The Labute approximate surface area is 86.1 Å². The zero-order valence-corrected chi connectivity index (χ0v) is 7.88. The standard InChI is InChI=1S/C9H11N2O4/c10-7-3-1-6(2-4-9(12)13)8(5-7)11(14)15/h1,3,5,14H,2,4,10H2,(H,12,13)/q-1. The SMILES string of the molecule is Nc1ccc(CCC(=O)O)c(N([O-])O)c1. The number of rotatable bonds is 4. The molecule has 0 unspecified atom stereocenters. The second-order valence-corrected chi connectivity index (χ2v) is 3.05. The van der Waals surface area contributed by atoms with Crippen LogP contribution in [0.5, 0.6) is 0 Å². The molecule has 15 heavy (non-hydrogen) atoms. The van der Waals surface area contributed by atoms with Crippen LogP contribution in [0.2, 0.25) is 0 Å². The molecule has 0 bridgehead atoms. The summed E-state index contributed by atoms with van der Waals surface area (Å²) in [7, 11) is 0. The lowest BCUT2D eigenvalue weighted by Gasteiger charge is -2.24. The van der Waals surface area contributed by atoms with Crippen LogP contribution in [0, 0.1) is 5.21 Å². The van der Waals surface area contributed by atoms with Gasteiger partial charge in [-0.15, -0.1) is 0 Å². The molecule has 4 N–H and O–H groups in total. The zero-order valence-electron chi connectivity index (χ0n) is 7.88. The Kier molecular flexibility index (Phi) is 3.48. The van der Waals surface area contributed by atoms with E-state index in [-0.39, 0.29) is 23.8 Å². The molecule has 6 heteroatoms. The molecular weight excluding hydrogens is 200 g/mol. The molecule has 0 atom stereocenters. The Hall–Kier alpha value is -1.79. The van der Waals surface area contributed by atoms with Gasteiger partial charge in [0.15, 0.2) is 0 Å². The van der Waals surface area contributed by atoms with Gasteiger partial charge in [0.2, 0.25) is 0 Å². The molecule has 0 saturated heterocycles. The lowest BCUT2D eigenvalue weighted by molar-refractivity contribution is -0.136. The number of hydrogen-bond acceptors (Lipinski definition) is 5. The van der Waals surface area contributed by atoms with Crippen molar-refractivity contribution in [1.82, 2.24) is 0 Å². The summed E-state index contributed by atoms with van der Waals surface area (Å²) in [6.07, 6.45) is 0.0645. The zero-order chi connectivity index (χ0) is 11.4. The van der Waals surface area contributed by atoms with Gasteiger partial charge in [0, 0.05) is 12.1 Å². The van der Waals surface area contributed by atoms with Gasteiger partial charge in [0.1, 0.15) is 0 Å². The molecule has 0 spiro atoms. The van der Waals surface area contributed by atoms with Crippen LogP contribution >= 0.6 is 0 Å². The molecule has 0 radical (unpaired) electrons. The first-order valence-electron chi connectivity index (χ1n) is 4.27. The smallest absolute Gasteiger partial charge is 0.303 e. The van der Waals surface area contributed by atoms with Crippen molar-refractivity contribution in [3.05, 3.63) is 29.0 Å². The number of anilines is 2. The maximum absolute atomic E-state index is 10.7. The van der Waals surface area contributed by atoms with Crippen LogP contribution < -0.4 is 11.0 Å². The number of aryl methyl sites for hydroxylation is 1. The minimum Gasteiger partial charge on any atom is -0.733 e. The molecule has 0 amide bonds. The van der Waals surface area contributed by atoms with Gasteiger partial charge in [-0.25, -0.2) is 0 Å². The molecule has 1 aromatic rings. The van der Waals surface area contributed by atoms with Gasteiger partial charge >= 0.3 is 5.97 Å². The third kappa shape index (κ3) is 3.12. The highest BCUT2D eigenvalue weighted by Crippen LogP contribution is 2.23. The number of carbonyl (C=O) groups is 1. The summed E-state index contributed by atoms with van der Waals surface area (Å²) in [5, 5.41) is 27.7. The highest BCUT2D eigenvalue weighted by molar-refractivity contribution is 5.68. The van der Waals surface area contributed by atoms with Gasteiger partial charge in [-0.1, -0.05) is 6.07 Å². The van der Waals surface area contributed by atoms with Gasteiger partial charge in [-0.2, -0.15) is 0 Å². The second-order valence-electron chi connectivity index (χ2n) is 3.05. The first-order chi connectivity index (χ1) is 7.00. The minimum atomic E-state index is -0.965. The van der Waals surface area contributed by atoms with Crippen molar-refractivity contribution in [3.8, 4) is 0 Å². The molecule has 0 aliphatic carbocycles. The Morgan fingerprint density at radius 3 is 2.73 bits per heavy atom. The predicted octanol–water partition coefficient (Wildman–Crippen LogP) is 0.979. The summed E-state index contributed by atoms with van der Waals surface area (Å²) < 4.78 is 0. The lowest BCUT2D eigenvalue weighted by Crippen LogP contribution is -2.11. The van der Waals surface area contributed by atoms with E-state index in [0.717, 1.165) is 0 Å². The first kappa shape index (κ1) is 11.3. The van der Waals surface area contributed by atoms with Crippen molar-refractivity contribution in [2.24, 2.45) is 0 Å². The van der Waals surface area contributed by atoms with Gasteiger partial charge in [-0.05, 0) is 24.1 Å². The quantitative estimate of drug-likeness (QED) is 0.505. The van der Waals surface area contributed by atoms with Crippen molar-refractivity contribution in [3.63, 3.8) is 0 Å². The van der Waals surface area contributed by atoms with E-state index in [1.54, 1.807) is 6.07 Å². The summed E-state index contributed by atoms with van der Waals surface area (Å²) in [5.74, 6) is -0.965. The van der Waals surface area contributed by atoms with E-state index in [0.29, 0.717) is 11.3 Å². The van der Waals surface area contributed by atoms with Gasteiger partial charge in [0.25, 0.3) is 0 Å². The largest absolute Gasteiger partial charge is 0.733 e. The summed E-state index contributed by atoms with van der Waals surface area (Å²) >= 11 is 0. The Balaban J connectivity index is 2.90. The fraction of sp³-hybridized carbons (Fsp3) is 0.222. The number of carboxylic acid groups (broad SMARTS) is 1. The molecule has 0 aliphatic rings. The molecule has 0 fully saturated rings.